The first kappa shape index (κ1) is 11.5. The van der Waals surface area contributed by atoms with E-state index in [1.807, 2.05) is 4.57 Å². The maximum atomic E-state index is 5.96. The summed E-state index contributed by atoms with van der Waals surface area (Å²) in [6, 6.07) is 0. The Hall–Kier alpha value is -0.570. The van der Waals surface area contributed by atoms with Crippen molar-refractivity contribution in [2.45, 2.75) is 52.5 Å². The highest BCUT2D eigenvalue weighted by Gasteiger charge is 2.12. The fraction of sp³-hybridized carbons (Fsp3) is 0.800. The van der Waals surface area contributed by atoms with Gasteiger partial charge >= 0.3 is 0 Å². The summed E-state index contributed by atoms with van der Waals surface area (Å²) in [4.78, 5) is 0. The number of unbranched alkanes of at least 4 members (excludes halogenated alkanes) is 2. The molecule has 0 aliphatic rings. The molecular weight excluding hydrogens is 198 g/mol. The van der Waals surface area contributed by atoms with Crippen LogP contribution in [-0.2, 0) is 6.54 Å². The van der Waals surface area contributed by atoms with Crippen molar-refractivity contribution in [1.82, 2.24) is 14.8 Å². The quantitative estimate of drug-likeness (QED) is 0.706. The molecule has 1 aromatic rings. The maximum Gasteiger partial charge on any atom is 0.225 e. The Labute approximate surface area is 90.5 Å². The molecular formula is C10H18ClN3. The second-order valence-electron chi connectivity index (χ2n) is 3.84. The molecule has 4 heteroatoms. The molecule has 0 saturated carbocycles. The van der Waals surface area contributed by atoms with Crippen molar-refractivity contribution >= 4 is 11.6 Å². The van der Waals surface area contributed by atoms with Crippen LogP contribution in [0, 0.1) is 0 Å². The molecule has 0 aliphatic carbocycles. The molecule has 1 rings (SSSR count). The number of hydrogen-bond acceptors (Lipinski definition) is 2. The molecule has 0 N–H and O–H groups in total. The zero-order valence-electron chi connectivity index (χ0n) is 9.13. The Morgan fingerprint density at radius 2 is 2.00 bits per heavy atom. The van der Waals surface area contributed by atoms with E-state index in [-0.39, 0.29) is 0 Å². The van der Waals surface area contributed by atoms with Crippen LogP contribution in [0.2, 0.25) is 5.28 Å². The summed E-state index contributed by atoms with van der Waals surface area (Å²) >= 11 is 5.96. The van der Waals surface area contributed by atoms with Gasteiger partial charge in [-0.25, -0.2) is 0 Å². The SMILES string of the molecule is CCCCCn1c(Cl)nnc1C(C)C. The van der Waals surface area contributed by atoms with Crippen LogP contribution < -0.4 is 0 Å². The third-order valence-electron chi connectivity index (χ3n) is 2.24. The van der Waals surface area contributed by atoms with Gasteiger partial charge in [0.1, 0.15) is 5.82 Å². The second-order valence-corrected chi connectivity index (χ2v) is 4.18. The fourth-order valence-electron chi connectivity index (χ4n) is 1.45. The molecule has 0 amide bonds. The lowest BCUT2D eigenvalue weighted by atomic mass is 10.2. The predicted octanol–water partition coefficient (Wildman–Crippen LogP) is 3.25. The van der Waals surface area contributed by atoms with Crippen LogP contribution in [0.25, 0.3) is 0 Å². The molecule has 0 unspecified atom stereocenters. The topological polar surface area (TPSA) is 30.7 Å². The largest absolute Gasteiger partial charge is 0.302 e. The summed E-state index contributed by atoms with van der Waals surface area (Å²) in [5.74, 6) is 1.38. The van der Waals surface area contributed by atoms with Gasteiger partial charge in [0.05, 0.1) is 0 Å². The van der Waals surface area contributed by atoms with Gasteiger partial charge in [0, 0.05) is 12.5 Å². The highest BCUT2D eigenvalue weighted by molar-refractivity contribution is 6.28. The third kappa shape index (κ3) is 2.71. The first-order valence-electron chi connectivity index (χ1n) is 5.25. The molecule has 0 aliphatic heterocycles. The Bertz CT molecular complexity index is 281. The minimum absolute atomic E-state index is 0.386. The van der Waals surface area contributed by atoms with Gasteiger partial charge in [0.25, 0.3) is 0 Å². The Morgan fingerprint density at radius 3 is 2.57 bits per heavy atom. The summed E-state index contributed by atoms with van der Waals surface area (Å²) in [6.07, 6.45) is 3.59. The lowest BCUT2D eigenvalue weighted by Crippen LogP contribution is -2.05. The van der Waals surface area contributed by atoms with Crippen molar-refractivity contribution in [2.75, 3.05) is 0 Å². The Morgan fingerprint density at radius 1 is 1.29 bits per heavy atom. The highest BCUT2D eigenvalue weighted by Crippen LogP contribution is 2.17. The molecule has 14 heavy (non-hydrogen) atoms. The third-order valence-corrected chi connectivity index (χ3v) is 2.52. The Balaban J connectivity index is 2.67. The first-order chi connectivity index (χ1) is 6.66. The number of aromatic nitrogens is 3. The van der Waals surface area contributed by atoms with E-state index in [0.717, 1.165) is 18.8 Å². The van der Waals surface area contributed by atoms with Crippen LogP contribution in [0.15, 0.2) is 0 Å². The molecule has 1 heterocycles. The van der Waals surface area contributed by atoms with E-state index in [0.29, 0.717) is 11.2 Å². The van der Waals surface area contributed by atoms with Crippen LogP contribution in [0.4, 0.5) is 0 Å². The van der Waals surface area contributed by atoms with Gasteiger partial charge < -0.3 is 4.57 Å². The summed E-state index contributed by atoms with van der Waals surface area (Å²) < 4.78 is 2.02. The number of rotatable bonds is 5. The van der Waals surface area contributed by atoms with Crippen molar-refractivity contribution in [1.29, 1.82) is 0 Å². The van der Waals surface area contributed by atoms with E-state index in [2.05, 4.69) is 31.0 Å². The van der Waals surface area contributed by atoms with Crippen molar-refractivity contribution in [3.63, 3.8) is 0 Å². The van der Waals surface area contributed by atoms with Crippen LogP contribution in [0.1, 0.15) is 51.8 Å². The average molecular weight is 216 g/mol. The average Bonchev–Trinajstić information content (AvgIpc) is 2.48. The van der Waals surface area contributed by atoms with Gasteiger partial charge in [-0.2, -0.15) is 0 Å². The zero-order chi connectivity index (χ0) is 10.6. The second kappa shape index (κ2) is 5.35. The van der Waals surface area contributed by atoms with Crippen LogP contribution in [0.3, 0.4) is 0 Å². The van der Waals surface area contributed by atoms with Crippen LogP contribution >= 0.6 is 11.6 Å². The van der Waals surface area contributed by atoms with E-state index in [1.165, 1.54) is 12.8 Å². The number of hydrogen-bond donors (Lipinski definition) is 0. The molecule has 0 saturated heterocycles. The molecule has 0 radical (unpaired) electrons. The van der Waals surface area contributed by atoms with E-state index in [9.17, 15) is 0 Å². The Kier molecular flexibility index (Phi) is 4.39. The number of nitrogens with zero attached hydrogens (tertiary/aromatic N) is 3. The standard InChI is InChI=1S/C10H18ClN3/c1-4-5-6-7-14-9(8(2)3)12-13-10(14)11/h8H,4-7H2,1-3H3. The number of halogens is 1. The summed E-state index contributed by atoms with van der Waals surface area (Å²) in [5.41, 5.74) is 0. The summed E-state index contributed by atoms with van der Waals surface area (Å²) in [7, 11) is 0. The monoisotopic (exact) mass is 215 g/mol. The predicted molar refractivity (Wildman–Crippen MR) is 58.6 cm³/mol. The van der Waals surface area contributed by atoms with Crippen molar-refractivity contribution in [2.24, 2.45) is 0 Å². The van der Waals surface area contributed by atoms with Gasteiger partial charge in [0.15, 0.2) is 0 Å². The highest BCUT2D eigenvalue weighted by atomic mass is 35.5. The molecule has 80 valence electrons. The summed E-state index contributed by atoms with van der Waals surface area (Å²) in [6.45, 7) is 7.34. The molecule has 0 spiro atoms. The van der Waals surface area contributed by atoms with Gasteiger partial charge in [-0.05, 0) is 18.0 Å². The minimum atomic E-state index is 0.386. The van der Waals surface area contributed by atoms with Gasteiger partial charge in [-0.15, -0.1) is 10.2 Å². The van der Waals surface area contributed by atoms with E-state index < -0.39 is 0 Å². The van der Waals surface area contributed by atoms with E-state index in [4.69, 9.17) is 11.6 Å². The van der Waals surface area contributed by atoms with Crippen LogP contribution in [0.5, 0.6) is 0 Å². The smallest absolute Gasteiger partial charge is 0.225 e. The molecule has 0 bridgehead atoms. The zero-order valence-corrected chi connectivity index (χ0v) is 9.88. The lowest BCUT2D eigenvalue weighted by Gasteiger charge is -2.09. The minimum Gasteiger partial charge on any atom is -0.302 e. The molecule has 3 nitrogen and oxygen atoms in total. The van der Waals surface area contributed by atoms with E-state index >= 15 is 0 Å². The maximum absolute atomic E-state index is 5.96. The van der Waals surface area contributed by atoms with Crippen molar-refractivity contribution in [3.8, 4) is 0 Å². The lowest BCUT2D eigenvalue weighted by molar-refractivity contribution is 0.565. The van der Waals surface area contributed by atoms with Gasteiger partial charge in [-0.3, -0.25) is 0 Å². The normalized spacial score (nSPS) is 11.2. The first-order valence-corrected chi connectivity index (χ1v) is 5.63. The van der Waals surface area contributed by atoms with Gasteiger partial charge in [-0.1, -0.05) is 33.6 Å². The van der Waals surface area contributed by atoms with Gasteiger partial charge in [0.2, 0.25) is 5.28 Å². The van der Waals surface area contributed by atoms with Crippen molar-refractivity contribution in [3.05, 3.63) is 11.1 Å². The molecule has 0 atom stereocenters. The van der Waals surface area contributed by atoms with Crippen LogP contribution in [-0.4, -0.2) is 14.8 Å². The van der Waals surface area contributed by atoms with E-state index in [1.54, 1.807) is 0 Å². The molecule has 0 fully saturated rings. The van der Waals surface area contributed by atoms with Crippen molar-refractivity contribution < 1.29 is 0 Å². The fourth-order valence-corrected chi connectivity index (χ4v) is 1.66. The molecule has 1 aromatic heterocycles. The molecule has 0 aromatic carbocycles. The summed E-state index contributed by atoms with van der Waals surface area (Å²) in [5, 5.41) is 8.49.